The van der Waals surface area contributed by atoms with Crippen molar-refractivity contribution in [2.24, 2.45) is 0 Å². The van der Waals surface area contributed by atoms with Crippen LogP contribution in [0.5, 0.6) is 0 Å². The van der Waals surface area contributed by atoms with E-state index in [0.717, 1.165) is 28.3 Å². The number of fused-ring (bicyclic) bond motifs is 1. The molecule has 0 saturated carbocycles. The molecule has 5 aromatic rings. The second kappa shape index (κ2) is 13.9. The first-order valence-electron chi connectivity index (χ1n) is 13.8. The highest BCUT2D eigenvalue weighted by molar-refractivity contribution is 7.98. The van der Waals surface area contributed by atoms with Crippen LogP contribution in [0.25, 0.3) is 21.9 Å². The van der Waals surface area contributed by atoms with E-state index in [-0.39, 0.29) is 5.91 Å². The van der Waals surface area contributed by atoms with Crippen LogP contribution in [0.15, 0.2) is 104 Å². The second-order valence-electron chi connectivity index (χ2n) is 10.0. The van der Waals surface area contributed by atoms with E-state index in [1.54, 1.807) is 17.8 Å². The monoisotopic (exact) mass is 578 g/mol. The standard InChI is InChI=1S/C34H34N4O3S/c1-41-34(40)32(16-17-42-2)37-33(39)30-15-14-28(19-31(30)26-9-4-3-5-10-26)36-21-29-20-35-23-38(29)22-24-12-13-25-8-6-7-11-27(25)18-24/h3-15,18-20,23,32,36H,16-17,21-22H2,1-2H3,(H,37,39)/t32-/m0/s1. The summed E-state index contributed by atoms with van der Waals surface area (Å²) in [6.45, 7) is 1.28. The summed E-state index contributed by atoms with van der Waals surface area (Å²) >= 11 is 1.61. The van der Waals surface area contributed by atoms with Gasteiger partial charge >= 0.3 is 5.97 Å². The Balaban J connectivity index is 1.34. The van der Waals surface area contributed by atoms with Crippen LogP contribution in [0.4, 0.5) is 5.69 Å². The van der Waals surface area contributed by atoms with Gasteiger partial charge in [-0.05, 0) is 70.2 Å². The number of esters is 1. The quantitative estimate of drug-likeness (QED) is 0.167. The molecule has 0 unspecified atom stereocenters. The van der Waals surface area contributed by atoms with Gasteiger partial charge in [-0.15, -0.1) is 0 Å². The molecule has 1 amide bonds. The van der Waals surface area contributed by atoms with Gasteiger partial charge in [-0.1, -0.05) is 66.7 Å². The molecule has 42 heavy (non-hydrogen) atoms. The van der Waals surface area contributed by atoms with Gasteiger partial charge in [0.05, 0.1) is 25.7 Å². The SMILES string of the molecule is COC(=O)[C@H](CCSC)NC(=O)c1ccc(NCc2cncn2Cc2ccc3ccccc3c2)cc1-c1ccccc1. The Morgan fingerprint density at radius 2 is 1.74 bits per heavy atom. The van der Waals surface area contributed by atoms with Crippen molar-refractivity contribution in [3.05, 3.63) is 120 Å². The minimum Gasteiger partial charge on any atom is -0.467 e. The third kappa shape index (κ3) is 7.01. The van der Waals surface area contributed by atoms with E-state index in [2.05, 4.69) is 62.6 Å². The number of anilines is 1. The average molecular weight is 579 g/mol. The first kappa shape index (κ1) is 29.0. The van der Waals surface area contributed by atoms with Gasteiger partial charge in [-0.3, -0.25) is 4.79 Å². The van der Waals surface area contributed by atoms with E-state index >= 15 is 0 Å². The van der Waals surface area contributed by atoms with Crippen molar-refractivity contribution in [1.82, 2.24) is 14.9 Å². The lowest BCUT2D eigenvalue weighted by atomic mass is 9.98. The fourth-order valence-corrected chi connectivity index (χ4v) is 5.41. The van der Waals surface area contributed by atoms with Crippen molar-refractivity contribution >= 4 is 40.1 Å². The van der Waals surface area contributed by atoms with E-state index in [1.165, 1.54) is 23.4 Å². The average Bonchev–Trinajstić information content (AvgIpc) is 3.48. The predicted molar refractivity (Wildman–Crippen MR) is 171 cm³/mol. The molecule has 7 nitrogen and oxygen atoms in total. The highest BCUT2D eigenvalue weighted by atomic mass is 32.2. The van der Waals surface area contributed by atoms with Crippen LogP contribution in [-0.4, -0.2) is 46.6 Å². The van der Waals surface area contributed by atoms with Crippen LogP contribution >= 0.6 is 11.8 Å². The van der Waals surface area contributed by atoms with E-state index in [1.807, 2.05) is 61.2 Å². The molecular formula is C34H34N4O3S. The van der Waals surface area contributed by atoms with Gasteiger partial charge < -0.3 is 19.9 Å². The van der Waals surface area contributed by atoms with Gasteiger partial charge in [-0.2, -0.15) is 11.8 Å². The molecule has 0 fully saturated rings. The number of benzene rings is 4. The van der Waals surface area contributed by atoms with Crippen LogP contribution in [0, 0.1) is 0 Å². The maximum absolute atomic E-state index is 13.4. The lowest BCUT2D eigenvalue weighted by Gasteiger charge is -2.18. The van der Waals surface area contributed by atoms with E-state index in [9.17, 15) is 9.59 Å². The second-order valence-corrected chi connectivity index (χ2v) is 11.0. The third-order valence-electron chi connectivity index (χ3n) is 7.19. The van der Waals surface area contributed by atoms with E-state index in [0.29, 0.717) is 25.1 Å². The number of carbonyl (C=O) groups excluding carboxylic acids is 2. The van der Waals surface area contributed by atoms with Crippen molar-refractivity contribution in [1.29, 1.82) is 0 Å². The summed E-state index contributed by atoms with van der Waals surface area (Å²) in [4.78, 5) is 30.2. The van der Waals surface area contributed by atoms with E-state index in [4.69, 9.17) is 4.74 Å². The summed E-state index contributed by atoms with van der Waals surface area (Å²) in [5, 5.41) is 8.83. The lowest BCUT2D eigenvalue weighted by molar-refractivity contribution is -0.142. The van der Waals surface area contributed by atoms with Gasteiger partial charge in [-0.25, -0.2) is 9.78 Å². The van der Waals surface area contributed by atoms with Crippen LogP contribution in [0.3, 0.4) is 0 Å². The fourth-order valence-electron chi connectivity index (χ4n) is 4.94. The van der Waals surface area contributed by atoms with Crippen molar-refractivity contribution in [3.63, 3.8) is 0 Å². The number of amides is 1. The van der Waals surface area contributed by atoms with Crippen LogP contribution in [0.2, 0.25) is 0 Å². The molecule has 1 atom stereocenters. The maximum atomic E-state index is 13.4. The largest absolute Gasteiger partial charge is 0.467 e. The van der Waals surface area contributed by atoms with Crippen molar-refractivity contribution in [3.8, 4) is 11.1 Å². The van der Waals surface area contributed by atoms with Crippen molar-refractivity contribution < 1.29 is 14.3 Å². The first-order chi connectivity index (χ1) is 20.6. The molecule has 214 valence electrons. The highest BCUT2D eigenvalue weighted by Crippen LogP contribution is 2.28. The molecular weight excluding hydrogens is 544 g/mol. The summed E-state index contributed by atoms with van der Waals surface area (Å²) in [5.41, 5.74) is 5.29. The molecule has 1 heterocycles. The number of hydrogen-bond acceptors (Lipinski definition) is 6. The Kier molecular flexibility index (Phi) is 9.56. The fraction of sp³-hybridized carbons (Fsp3) is 0.206. The summed E-state index contributed by atoms with van der Waals surface area (Å²) in [6, 6.07) is 29.6. The molecule has 0 spiro atoms. The Hall–Kier alpha value is -4.56. The lowest BCUT2D eigenvalue weighted by Crippen LogP contribution is -2.42. The highest BCUT2D eigenvalue weighted by Gasteiger charge is 2.23. The molecule has 5 rings (SSSR count). The summed E-state index contributed by atoms with van der Waals surface area (Å²) in [5.74, 6) is -0.0334. The van der Waals surface area contributed by atoms with Gasteiger partial charge in [0.1, 0.15) is 6.04 Å². The Morgan fingerprint density at radius 3 is 2.52 bits per heavy atom. The number of hydrogen-bond donors (Lipinski definition) is 2. The number of rotatable bonds is 12. The normalized spacial score (nSPS) is 11.7. The number of imidazole rings is 1. The molecule has 0 aliphatic carbocycles. The number of ether oxygens (including phenoxy) is 1. The van der Waals surface area contributed by atoms with Gasteiger partial charge in [0.25, 0.3) is 5.91 Å². The van der Waals surface area contributed by atoms with Gasteiger partial charge in [0.15, 0.2) is 0 Å². The number of carbonyl (C=O) groups is 2. The van der Waals surface area contributed by atoms with Crippen molar-refractivity contribution in [2.45, 2.75) is 25.6 Å². The number of nitrogens with one attached hydrogen (secondary N) is 2. The third-order valence-corrected chi connectivity index (χ3v) is 7.83. The summed E-state index contributed by atoms with van der Waals surface area (Å²) in [7, 11) is 1.34. The Labute approximate surface area is 250 Å². The van der Waals surface area contributed by atoms with Gasteiger partial charge in [0, 0.05) is 24.0 Å². The zero-order valence-electron chi connectivity index (χ0n) is 23.7. The molecule has 4 aromatic carbocycles. The van der Waals surface area contributed by atoms with Crippen molar-refractivity contribution in [2.75, 3.05) is 24.4 Å². The van der Waals surface area contributed by atoms with Crippen LogP contribution < -0.4 is 10.6 Å². The molecule has 0 radical (unpaired) electrons. The number of nitrogens with zero attached hydrogens (tertiary/aromatic N) is 2. The maximum Gasteiger partial charge on any atom is 0.328 e. The smallest absolute Gasteiger partial charge is 0.328 e. The molecule has 8 heteroatoms. The summed E-state index contributed by atoms with van der Waals surface area (Å²) < 4.78 is 7.07. The molecule has 0 bridgehead atoms. The number of thioether (sulfide) groups is 1. The Bertz CT molecular complexity index is 1670. The summed E-state index contributed by atoms with van der Waals surface area (Å²) in [6.07, 6.45) is 6.18. The molecule has 0 aliphatic rings. The molecule has 2 N–H and O–H groups in total. The number of methoxy groups -OCH3 is 1. The molecule has 1 aromatic heterocycles. The first-order valence-corrected chi connectivity index (χ1v) is 15.2. The Morgan fingerprint density at radius 1 is 0.952 bits per heavy atom. The predicted octanol–water partition coefficient (Wildman–Crippen LogP) is 6.39. The number of aromatic nitrogens is 2. The topological polar surface area (TPSA) is 85.2 Å². The van der Waals surface area contributed by atoms with Crippen LogP contribution in [-0.2, 0) is 22.6 Å². The van der Waals surface area contributed by atoms with Gasteiger partial charge in [0.2, 0.25) is 0 Å². The zero-order valence-corrected chi connectivity index (χ0v) is 24.6. The minimum absolute atomic E-state index is 0.314. The molecule has 0 saturated heterocycles. The zero-order chi connectivity index (χ0) is 29.3. The van der Waals surface area contributed by atoms with Crippen LogP contribution in [0.1, 0.15) is 28.0 Å². The molecule has 0 aliphatic heterocycles. The minimum atomic E-state index is -0.709. The van der Waals surface area contributed by atoms with E-state index < -0.39 is 12.0 Å².